The average Bonchev–Trinajstić information content (AvgIpc) is 2.32. The van der Waals surface area contributed by atoms with E-state index in [0.717, 1.165) is 0 Å². The van der Waals surface area contributed by atoms with E-state index in [4.69, 9.17) is 16.3 Å². The van der Waals surface area contributed by atoms with E-state index >= 15 is 0 Å². The monoisotopic (exact) mass is 402 g/mol. The van der Waals surface area contributed by atoms with Crippen LogP contribution in [0.2, 0.25) is 0 Å². The van der Waals surface area contributed by atoms with Crippen molar-refractivity contribution >= 4 is 33.6 Å². The molecule has 1 aromatic rings. The zero-order chi connectivity index (χ0) is 17.1. The molecule has 9 heteroatoms. The summed E-state index contributed by atoms with van der Waals surface area (Å²) >= 11 is 8.78. The molecule has 0 aromatic carbocycles. The molecule has 0 saturated heterocycles. The van der Waals surface area contributed by atoms with Gasteiger partial charge in [0.05, 0.1) is 5.69 Å². The van der Waals surface area contributed by atoms with Gasteiger partial charge in [0.2, 0.25) is 0 Å². The second-order valence-corrected chi connectivity index (χ2v) is 6.64. The normalized spacial score (nSPS) is 13.6. The summed E-state index contributed by atoms with van der Waals surface area (Å²) in [5, 5.41) is 1.80. The third-order valence-electron chi connectivity index (χ3n) is 2.37. The molecule has 1 amide bonds. The standard InChI is InChI=1S/C13H15BrClF3N2O2/c1-12(2,3)22-11(21)20-10(13(16,17)18)9-7(5-15)4-8(14)6-19-9/h4,6,10H,5H2,1-3H3,(H,20,21)/t10-/m1/s1. The molecule has 0 aliphatic rings. The van der Waals surface area contributed by atoms with Crippen LogP contribution >= 0.6 is 27.5 Å². The van der Waals surface area contributed by atoms with Crippen molar-refractivity contribution in [1.29, 1.82) is 0 Å². The van der Waals surface area contributed by atoms with Crippen LogP contribution in [-0.2, 0) is 10.6 Å². The summed E-state index contributed by atoms with van der Waals surface area (Å²) in [4.78, 5) is 15.4. The van der Waals surface area contributed by atoms with Crippen LogP contribution in [0, 0.1) is 0 Å². The largest absolute Gasteiger partial charge is 0.444 e. The van der Waals surface area contributed by atoms with Crippen LogP contribution in [0.15, 0.2) is 16.7 Å². The van der Waals surface area contributed by atoms with Gasteiger partial charge >= 0.3 is 12.3 Å². The Kier molecular flexibility index (Phi) is 6.09. The predicted octanol–water partition coefficient (Wildman–Crippen LogP) is 4.71. The predicted molar refractivity (Wildman–Crippen MR) is 79.7 cm³/mol. The van der Waals surface area contributed by atoms with Gasteiger partial charge in [0, 0.05) is 16.5 Å². The number of pyridine rings is 1. The quantitative estimate of drug-likeness (QED) is 0.744. The first-order valence-corrected chi connectivity index (χ1v) is 7.53. The second-order valence-electron chi connectivity index (χ2n) is 5.45. The highest BCUT2D eigenvalue weighted by molar-refractivity contribution is 9.10. The lowest BCUT2D eigenvalue weighted by molar-refractivity contribution is -0.157. The molecule has 1 rings (SSSR count). The number of carbonyl (C=O) groups excluding carboxylic acids is 1. The molecule has 4 nitrogen and oxygen atoms in total. The van der Waals surface area contributed by atoms with Gasteiger partial charge in [-0.2, -0.15) is 13.2 Å². The van der Waals surface area contributed by atoms with Crippen molar-refractivity contribution in [3.63, 3.8) is 0 Å². The molecule has 1 atom stereocenters. The van der Waals surface area contributed by atoms with Crippen LogP contribution in [0.1, 0.15) is 38.1 Å². The first kappa shape index (κ1) is 19.0. The van der Waals surface area contributed by atoms with E-state index in [-0.39, 0.29) is 17.1 Å². The zero-order valence-corrected chi connectivity index (χ0v) is 14.4. The lowest BCUT2D eigenvalue weighted by atomic mass is 10.1. The van der Waals surface area contributed by atoms with E-state index in [0.29, 0.717) is 4.47 Å². The molecule has 0 bridgehead atoms. The number of aromatic nitrogens is 1. The molecule has 0 radical (unpaired) electrons. The first-order valence-electron chi connectivity index (χ1n) is 6.20. The number of hydrogen-bond acceptors (Lipinski definition) is 3. The first-order chi connectivity index (χ1) is 9.94. The van der Waals surface area contributed by atoms with E-state index in [1.54, 1.807) is 26.1 Å². The molecule has 0 aliphatic carbocycles. The maximum atomic E-state index is 13.3. The minimum absolute atomic E-state index is 0.162. The van der Waals surface area contributed by atoms with E-state index in [1.165, 1.54) is 12.3 Å². The minimum atomic E-state index is -4.74. The minimum Gasteiger partial charge on any atom is -0.444 e. The smallest absolute Gasteiger partial charge is 0.414 e. The highest BCUT2D eigenvalue weighted by Crippen LogP contribution is 2.34. The van der Waals surface area contributed by atoms with Gasteiger partial charge in [0.25, 0.3) is 0 Å². The maximum Gasteiger partial charge on any atom is 0.414 e. The van der Waals surface area contributed by atoms with E-state index in [1.807, 2.05) is 0 Å². The topological polar surface area (TPSA) is 51.2 Å². The fourth-order valence-corrected chi connectivity index (χ4v) is 2.18. The summed E-state index contributed by atoms with van der Waals surface area (Å²) in [6.07, 6.45) is -4.71. The Morgan fingerprint density at radius 3 is 2.50 bits per heavy atom. The average molecular weight is 404 g/mol. The number of rotatable bonds is 3. The molecule has 124 valence electrons. The van der Waals surface area contributed by atoms with E-state index < -0.39 is 23.9 Å². The van der Waals surface area contributed by atoms with E-state index in [9.17, 15) is 18.0 Å². The van der Waals surface area contributed by atoms with Gasteiger partial charge in [-0.15, -0.1) is 11.6 Å². The summed E-state index contributed by atoms with van der Waals surface area (Å²) in [5.41, 5.74) is -1.12. The molecule has 0 unspecified atom stereocenters. The van der Waals surface area contributed by atoms with Crippen molar-refractivity contribution in [2.45, 2.75) is 44.5 Å². The van der Waals surface area contributed by atoms with Gasteiger partial charge in [-0.3, -0.25) is 4.98 Å². The summed E-state index contributed by atoms with van der Waals surface area (Å²) < 4.78 is 45.1. The third kappa shape index (κ3) is 5.64. The van der Waals surface area contributed by atoms with Crippen molar-refractivity contribution in [3.05, 3.63) is 28.0 Å². The lowest BCUT2D eigenvalue weighted by Crippen LogP contribution is -2.41. The zero-order valence-electron chi connectivity index (χ0n) is 12.1. The molecule has 1 aromatic heterocycles. The van der Waals surface area contributed by atoms with Gasteiger partial charge in [-0.1, -0.05) is 0 Å². The Hall–Kier alpha value is -1.02. The molecule has 22 heavy (non-hydrogen) atoms. The van der Waals surface area contributed by atoms with Gasteiger partial charge in [-0.25, -0.2) is 4.79 Å². The lowest BCUT2D eigenvalue weighted by Gasteiger charge is -2.25. The molecule has 1 heterocycles. The van der Waals surface area contributed by atoms with E-state index in [2.05, 4.69) is 20.9 Å². The number of hydrogen-bond donors (Lipinski definition) is 1. The number of nitrogens with zero attached hydrogens (tertiary/aromatic N) is 1. The summed E-state index contributed by atoms with van der Waals surface area (Å²) in [6, 6.07) is -0.880. The van der Waals surface area contributed by atoms with Crippen LogP contribution < -0.4 is 5.32 Å². The Morgan fingerprint density at radius 1 is 1.45 bits per heavy atom. The molecule has 0 fully saturated rings. The molecular weight excluding hydrogens is 389 g/mol. The number of carbonyl (C=O) groups is 1. The molecule has 0 spiro atoms. The van der Waals surface area contributed by atoms with Crippen LogP contribution in [0.5, 0.6) is 0 Å². The Bertz CT molecular complexity index is 547. The summed E-state index contributed by atoms with van der Waals surface area (Å²) in [5.74, 6) is -0.176. The number of halogens is 5. The Balaban J connectivity index is 3.13. The van der Waals surface area contributed by atoms with Gasteiger partial charge in [0.1, 0.15) is 5.60 Å². The van der Waals surface area contributed by atoms with Gasteiger partial charge in [-0.05, 0) is 48.3 Å². The fourth-order valence-electron chi connectivity index (χ4n) is 1.59. The molecular formula is C13H15BrClF3N2O2. The third-order valence-corrected chi connectivity index (χ3v) is 3.10. The number of ether oxygens (including phenoxy) is 1. The van der Waals surface area contributed by atoms with Gasteiger partial charge < -0.3 is 10.1 Å². The molecule has 0 saturated carbocycles. The van der Waals surface area contributed by atoms with Gasteiger partial charge in [0.15, 0.2) is 6.04 Å². The van der Waals surface area contributed by atoms with Crippen molar-refractivity contribution in [3.8, 4) is 0 Å². The van der Waals surface area contributed by atoms with Crippen molar-refractivity contribution in [2.75, 3.05) is 0 Å². The SMILES string of the molecule is CC(C)(C)OC(=O)N[C@H](c1ncc(Br)cc1CCl)C(F)(F)F. The van der Waals surface area contributed by atoms with Crippen molar-refractivity contribution in [1.82, 2.24) is 10.3 Å². The van der Waals surface area contributed by atoms with Crippen molar-refractivity contribution in [2.24, 2.45) is 0 Å². The highest BCUT2D eigenvalue weighted by atomic mass is 79.9. The molecule has 0 aliphatic heterocycles. The van der Waals surface area contributed by atoms with Crippen molar-refractivity contribution < 1.29 is 22.7 Å². The van der Waals surface area contributed by atoms with Crippen LogP contribution in [0.3, 0.4) is 0 Å². The molecule has 1 N–H and O–H groups in total. The number of nitrogens with one attached hydrogen (secondary N) is 1. The highest BCUT2D eigenvalue weighted by Gasteiger charge is 2.44. The summed E-state index contributed by atoms with van der Waals surface area (Å²) in [7, 11) is 0. The van der Waals surface area contributed by atoms with Crippen LogP contribution in [0.25, 0.3) is 0 Å². The maximum absolute atomic E-state index is 13.3. The summed E-state index contributed by atoms with van der Waals surface area (Å²) in [6.45, 7) is 4.66. The van der Waals surface area contributed by atoms with Crippen LogP contribution in [0.4, 0.5) is 18.0 Å². The number of alkyl halides is 4. The number of alkyl carbamates (subject to hydrolysis) is 1. The fraction of sp³-hybridized carbons (Fsp3) is 0.538. The number of amides is 1. The van der Waals surface area contributed by atoms with Crippen LogP contribution in [-0.4, -0.2) is 22.9 Å². The Morgan fingerprint density at radius 2 is 2.05 bits per heavy atom. The Labute approximate surface area is 139 Å². The second kappa shape index (κ2) is 7.04.